The number of nitro groups is 1. The summed E-state index contributed by atoms with van der Waals surface area (Å²) in [6.45, 7) is 0. The summed E-state index contributed by atoms with van der Waals surface area (Å²) in [6.07, 6.45) is 0. The Bertz CT molecular complexity index is 685. The number of para-hydroxylation sites is 1. The number of carbonyl (C=O) groups excluding carboxylic acids is 1. The van der Waals surface area contributed by atoms with Crippen LogP contribution in [0.25, 0.3) is 0 Å². The summed E-state index contributed by atoms with van der Waals surface area (Å²) in [5, 5.41) is 10.8. The highest BCUT2D eigenvalue weighted by atomic mass is 16.6. The van der Waals surface area contributed by atoms with Crippen LogP contribution >= 0.6 is 0 Å². The minimum atomic E-state index is -0.654. The lowest BCUT2D eigenvalue weighted by atomic mass is 10.2. The molecule has 0 atom stereocenters. The molecule has 0 aromatic heterocycles. The molecule has 0 saturated carbocycles. The van der Waals surface area contributed by atoms with Gasteiger partial charge in [-0.25, -0.2) is 0 Å². The first-order chi connectivity index (χ1) is 9.47. The van der Waals surface area contributed by atoms with Crippen LogP contribution in [0.1, 0.15) is 10.4 Å². The van der Waals surface area contributed by atoms with Gasteiger partial charge < -0.3 is 16.2 Å². The van der Waals surface area contributed by atoms with Crippen LogP contribution in [0.3, 0.4) is 0 Å². The van der Waals surface area contributed by atoms with Crippen LogP contribution in [-0.2, 0) is 0 Å². The largest absolute Gasteiger partial charge is 0.456 e. The third-order valence-corrected chi connectivity index (χ3v) is 2.50. The van der Waals surface area contributed by atoms with Crippen molar-refractivity contribution in [1.29, 1.82) is 0 Å². The monoisotopic (exact) mass is 273 g/mol. The number of nitrogen functional groups attached to an aromatic ring is 1. The molecule has 2 aromatic rings. The van der Waals surface area contributed by atoms with Crippen molar-refractivity contribution in [3.05, 3.63) is 58.1 Å². The number of nitrogens with two attached hydrogens (primary N) is 2. The van der Waals surface area contributed by atoms with Gasteiger partial charge in [-0.2, -0.15) is 0 Å². The number of primary amides is 1. The smallest absolute Gasteiger partial charge is 0.275 e. The maximum Gasteiger partial charge on any atom is 0.275 e. The topological polar surface area (TPSA) is 121 Å². The third kappa shape index (κ3) is 2.83. The van der Waals surface area contributed by atoms with E-state index < -0.39 is 10.8 Å². The minimum absolute atomic E-state index is 0.158. The van der Waals surface area contributed by atoms with Crippen LogP contribution in [-0.4, -0.2) is 10.8 Å². The lowest BCUT2D eigenvalue weighted by Crippen LogP contribution is -2.12. The second-order valence-corrected chi connectivity index (χ2v) is 3.98. The molecule has 2 aromatic carbocycles. The SMILES string of the molecule is NC(=O)c1ccccc1Oc1cc(N)cc([N+](=O)[O-])c1. The molecular weight excluding hydrogens is 262 g/mol. The van der Waals surface area contributed by atoms with Gasteiger partial charge in [0.2, 0.25) is 0 Å². The van der Waals surface area contributed by atoms with E-state index in [1.807, 2.05) is 0 Å². The van der Waals surface area contributed by atoms with Crippen molar-refractivity contribution < 1.29 is 14.5 Å². The first-order valence-corrected chi connectivity index (χ1v) is 5.59. The lowest BCUT2D eigenvalue weighted by Gasteiger charge is -2.09. The number of non-ortho nitro benzene ring substituents is 1. The average molecular weight is 273 g/mol. The molecule has 0 aliphatic rings. The van der Waals surface area contributed by atoms with E-state index in [2.05, 4.69) is 0 Å². The van der Waals surface area contributed by atoms with Crippen molar-refractivity contribution in [2.24, 2.45) is 5.73 Å². The van der Waals surface area contributed by atoms with Crippen molar-refractivity contribution in [2.75, 3.05) is 5.73 Å². The Morgan fingerprint density at radius 2 is 1.90 bits per heavy atom. The maximum atomic E-state index is 11.3. The van der Waals surface area contributed by atoms with Gasteiger partial charge in [-0.05, 0) is 12.1 Å². The van der Waals surface area contributed by atoms with E-state index in [-0.39, 0.29) is 28.4 Å². The minimum Gasteiger partial charge on any atom is -0.456 e. The van der Waals surface area contributed by atoms with Gasteiger partial charge in [-0.3, -0.25) is 14.9 Å². The molecule has 0 fully saturated rings. The molecule has 0 radical (unpaired) electrons. The highest BCUT2D eigenvalue weighted by Crippen LogP contribution is 2.30. The number of ether oxygens (including phenoxy) is 1. The van der Waals surface area contributed by atoms with E-state index in [9.17, 15) is 14.9 Å². The molecule has 0 heterocycles. The molecule has 4 N–H and O–H groups in total. The molecule has 0 bridgehead atoms. The Hall–Kier alpha value is -3.09. The van der Waals surface area contributed by atoms with Crippen molar-refractivity contribution in [3.63, 3.8) is 0 Å². The van der Waals surface area contributed by atoms with Crippen molar-refractivity contribution >= 4 is 17.3 Å². The maximum absolute atomic E-state index is 11.3. The van der Waals surface area contributed by atoms with E-state index in [1.54, 1.807) is 12.1 Å². The standard InChI is InChI=1S/C13H11N3O4/c14-8-5-9(16(18)19)7-10(6-8)20-12-4-2-1-3-11(12)13(15)17/h1-7H,14H2,(H2,15,17). The van der Waals surface area contributed by atoms with Gasteiger partial charge in [-0.15, -0.1) is 0 Å². The molecule has 1 amide bonds. The van der Waals surface area contributed by atoms with Crippen LogP contribution < -0.4 is 16.2 Å². The number of carbonyl (C=O) groups is 1. The zero-order valence-corrected chi connectivity index (χ0v) is 10.3. The predicted octanol–water partition coefficient (Wildman–Crippen LogP) is 2.07. The van der Waals surface area contributed by atoms with Gasteiger partial charge >= 0.3 is 0 Å². The number of benzene rings is 2. The number of nitrogens with zero attached hydrogens (tertiary/aromatic N) is 1. The Labute approximate surface area is 113 Å². The van der Waals surface area contributed by atoms with E-state index >= 15 is 0 Å². The molecule has 0 unspecified atom stereocenters. The summed E-state index contributed by atoms with van der Waals surface area (Å²) in [7, 11) is 0. The van der Waals surface area contributed by atoms with Gasteiger partial charge in [0.15, 0.2) is 0 Å². The molecular formula is C13H11N3O4. The Morgan fingerprint density at radius 3 is 2.55 bits per heavy atom. The zero-order valence-electron chi connectivity index (χ0n) is 10.3. The normalized spacial score (nSPS) is 10.0. The second kappa shape index (κ2) is 5.27. The van der Waals surface area contributed by atoms with Crippen LogP contribution in [0.5, 0.6) is 11.5 Å². The molecule has 0 aliphatic carbocycles. The molecule has 102 valence electrons. The Kier molecular flexibility index (Phi) is 3.52. The highest BCUT2D eigenvalue weighted by molar-refractivity contribution is 5.95. The Balaban J connectivity index is 2.40. The van der Waals surface area contributed by atoms with Gasteiger partial charge in [0.05, 0.1) is 16.6 Å². The fourth-order valence-corrected chi connectivity index (χ4v) is 1.66. The van der Waals surface area contributed by atoms with E-state index in [4.69, 9.17) is 16.2 Å². The van der Waals surface area contributed by atoms with Crippen molar-refractivity contribution in [2.45, 2.75) is 0 Å². The van der Waals surface area contributed by atoms with Crippen LogP contribution in [0.15, 0.2) is 42.5 Å². The van der Waals surface area contributed by atoms with Crippen LogP contribution in [0.2, 0.25) is 0 Å². The molecule has 20 heavy (non-hydrogen) atoms. The number of rotatable bonds is 4. The first kappa shape index (κ1) is 13.3. The molecule has 0 aliphatic heterocycles. The number of nitro benzene ring substituents is 1. The molecule has 2 rings (SSSR count). The van der Waals surface area contributed by atoms with Gasteiger partial charge in [0.25, 0.3) is 11.6 Å². The van der Waals surface area contributed by atoms with Crippen LogP contribution in [0, 0.1) is 10.1 Å². The van der Waals surface area contributed by atoms with E-state index in [0.29, 0.717) is 0 Å². The van der Waals surface area contributed by atoms with Gasteiger partial charge in [0, 0.05) is 17.8 Å². The lowest BCUT2D eigenvalue weighted by molar-refractivity contribution is -0.384. The molecule has 7 heteroatoms. The molecule has 7 nitrogen and oxygen atoms in total. The molecule has 0 spiro atoms. The average Bonchev–Trinajstić information content (AvgIpc) is 2.38. The summed E-state index contributed by atoms with van der Waals surface area (Å²) >= 11 is 0. The molecule has 0 saturated heterocycles. The summed E-state index contributed by atoms with van der Waals surface area (Å²) in [5.41, 5.74) is 11.0. The second-order valence-electron chi connectivity index (χ2n) is 3.98. The zero-order chi connectivity index (χ0) is 14.7. The van der Waals surface area contributed by atoms with E-state index in [1.165, 1.54) is 30.3 Å². The predicted molar refractivity (Wildman–Crippen MR) is 72.5 cm³/mol. The third-order valence-electron chi connectivity index (χ3n) is 2.50. The summed E-state index contributed by atoms with van der Waals surface area (Å²) < 4.78 is 5.46. The quantitative estimate of drug-likeness (QED) is 0.501. The first-order valence-electron chi connectivity index (χ1n) is 5.59. The number of anilines is 1. The van der Waals surface area contributed by atoms with Crippen molar-refractivity contribution in [1.82, 2.24) is 0 Å². The fraction of sp³-hybridized carbons (Fsp3) is 0. The van der Waals surface area contributed by atoms with Crippen LogP contribution in [0.4, 0.5) is 11.4 Å². The van der Waals surface area contributed by atoms with Gasteiger partial charge in [0.1, 0.15) is 11.5 Å². The summed E-state index contributed by atoms with van der Waals surface area (Å²) in [4.78, 5) is 21.4. The summed E-state index contributed by atoms with van der Waals surface area (Å²) in [6, 6.07) is 10.2. The number of hydrogen-bond donors (Lipinski definition) is 2. The highest BCUT2D eigenvalue weighted by Gasteiger charge is 2.13. The van der Waals surface area contributed by atoms with E-state index in [0.717, 1.165) is 0 Å². The van der Waals surface area contributed by atoms with Crippen molar-refractivity contribution in [3.8, 4) is 11.5 Å². The Morgan fingerprint density at radius 1 is 1.20 bits per heavy atom. The fourth-order valence-electron chi connectivity index (χ4n) is 1.66. The van der Waals surface area contributed by atoms with Gasteiger partial charge in [-0.1, -0.05) is 12.1 Å². The number of amides is 1. The number of hydrogen-bond acceptors (Lipinski definition) is 5. The summed E-state index contributed by atoms with van der Waals surface area (Å²) in [5.74, 6) is -0.288.